The highest BCUT2D eigenvalue weighted by atomic mass is 35.5. The van der Waals surface area contributed by atoms with Crippen LogP contribution in [0.5, 0.6) is 0 Å². The number of nitrogens with one attached hydrogen (secondary N) is 2. The number of esters is 1. The number of hydrogen-bond donors (Lipinski definition) is 4. The van der Waals surface area contributed by atoms with E-state index in [0.717, 1.165) is 82.7 Å². The van der Waals surface area contributed by atoms with Crippen molar-refractivity contribution in [2.24, 2.45) is 73.7 Å². The molecule has 1 aromatic carbocycles. The maximum Gasteiger partial charge on any atom is 0.309 e. The van der Waals surface area contributed by atoms with Gasteiger partial charge >= 0.3 is 11.9 Å². The van der Waals surface area contributed by atoms with Crippen molar-refractivity contribution in [3.05, 3.63) is 46.0 Å². The Morgan fingerprint density at radius 3 is 2.23 bits per heavy atom. The van der Waals surface area contributed by atoms with E-state index in [2.05, 4.69) is 59.1 Å². The van der Waals surface area contributed by atoms with E-state index in [1.807, 2.05) is 13.8 Å². The second-order valence-electron chi connectivity index (χ2n) is 22.8. The number of ketones is 1. The van der Waals surface area contributed by atoms with Crippen molar-refractivity contribution in [3.63, 3.8) is 0 Å². The summed E-state index contributed by atoms with van der Waals surface area (Å²) >= 11 is 6.07. The number of allylic oxidation sites excluding steroid dienone is 2. The monoisotopic (exact) mass is 862 g/mol. The molecule has 6 aliphatic rings. The molecule has 1 amide bonds. The first-order chi connectivity index (χ1) is 28.6. The van der Waals surface area contributed by atoms with Gasteiger partial charge in [-0.3, -0.25) is 19.2 Å². The molecule has 10 heteroatoms. The molecule has 0 spiro atoms. The molecule has 0 aromatic heterocycles. The summed E-state index contributed by atoms with van der Waals surface area (Å²) in [6.07, 6.45) is 11.7. The number of nitrogens with two attached hydrogens (primary N) is 1. The maximum absolute atomic E-state index is 14.2. The number of hydrogen-bond acceptors (Lipinski definition) is 7. The third-order valence-corrected chi connectivity index (χ3v) is 19.2. The SMILES string of the molecule is CC(C)C1=C2[C@H]3CC[C@@H]4[C@@]5(C)CC[C@H](OC(=O)[C@H]6C[C@@H](C(=O)O)C6(C)C)C(C)(C)[C@@H]5CC[C@@]4(C)[C@]3(C)CC[C@@]2(CCNCC(CCCN)NC(=O)c2ccc(Cl)cc2)CC1=O. The number of carbonyl (C=O) groups excluding carboxylic acids is 3. The number of fused-ring (bicyclic) bond motifs is 7. The van der Waals surface area contributed by atoms with Gasteiger partial charge in [-0.1, -0.05) is 79.5 Å². The van der Waals surface area contributed by atoms with Crippen LogP contribution in [0.1, 0.15) is 156 Å². The largest absolute Gasteiger partial charge is 0.481 e. The summed E-state index contributed by atoms with van der Waals surface area (Å²) in [7, 11) is 0. The Balaban J connectivity index is 1.06. The zero-order valence-electron chi connectivity index (χ0n) is 38.7. The Bertz CT molecular complexity index is 1910. The number of carbonyl (C=O) groups is 4. The number of ether oxygens (including phenoxy) is 1. The van der Waals surface area contributed by atoms with E-state index in [0.29, 0.717) is 60.1 Å². The minimum absolute atomic E-state index is 0.0597. The lowest BCUT2D eigenvalue weighted by molar-refractivity contribution is -0.236. The van der Waals surface area contributed by atoms with Crippen molar-refractivity contribution in [1.82, 2.24) is 10.6 Å². The van der Waals surface area contributed by atoms with Crippen LogP contribution < -0.4 is 16.4 Å². The van der Waals surface area contributed by atoms with Gasteiger partial charge in [0.05, 0.1) is 11.8 Å². The predicted octanol–water partition coefficient (Wildman–Crippen LogP) is 9.80. The van der Waals surface area contributed by atoms with E-state index in [9.17, 15) is 24.3 Å². The van der Waals surface area contributed by atoms with Crippen LogP contribution in [0.3, 0.4) is 0 Å². The Morgan fingerprint density at radius 1 is 0.885 bits per heavy atom. The average Bonchev–Trinajstić information content (AvgIpc) is 3.48. The zero-order chi connectivity index (χ0) is 44.5. The summed E-state index contributed by atoms with van der Waals surface area (Å²) in [5.41, 5.74) is 8.40. The van der Waals surface area contributed by atoms with Crippen molar-refractivity contribution in [3.8, 4) is 0 Å². The van der Waals surface area contributed by atoms with E-state index in [1.54, 1.807) is 24.3 Å². The number of benzene rings is 1. The van der Waals surface area contributed by atoms with Crippen LogP contribution in [-0.4, -0.2) is 60.5 Å². The van der Waals surface area contributed by atoms with Crippen molar-refractivity contribution >= 4 is 35.2 Å². The number of rotatable bonds is 14. The molecule has 1 unspecified atom stereocenters. The van der Waals surface area contributed by atoms with E-state index in [4.69, 9.17) is 22.1 Å². The fraction of sp³-hybridized carbons (Fsp3) is 0.765. The highest BCUT2D eigenvalue weighted by Crippen LogP contribution is 2.77. The van der Waals surface area contributed by atoms with Gasteiger partial charge in [-0.15, -0.1) is 0 Å². The van der Waals surface area contributed by atoms with Gasteiger partial charge in [-0.2, -0.15) is 0 Å². The molecular formula is C51H76ClN3O6. The smallest absolute Gasteiger partial charge is 0.309 e. The third kappa shape index (κ3) is 7.64. The number of carboxylic acid groups (broad SMARTS) is 1. The molecule has 7 rings (SSSR count). The van der Waals surface area contributed by atoms with Gasteiger partial charge < -0.3 is 26.2 Å². The van der Waals surface area contributed by atoms with Crippen molar-refractivity contribution in [2.45, 2.75) is 158 Å². The third-order valence-electron chi connectivity index (χ3n) is 19.0. The number of aliphatic carboxylic acids is 1. The number of Topliss-reactive ketones (excluding diaryl/α,β-unsaturated/α-hetero) is 1. The van der Waals surface area contributed by atoms with Gasteiger partial charge in [0.15, 0.2) is 5.78 Å². The summed E-state index contributed by atoms with van der Waals surface area (Å²) in [5.74, 6) is -0.210. The second kappa shape index (κ2) is 16.7. The van der Waals surface area contributed by atoms with Crippen LogP contribution in [-0.2, 0) is 19.1 Å². The van der Waals surface area contributed by atoms with Gasteiger partial charge in [0.2, 0.25) is 0 Å². The summed E-state index contributed by atoms with van der Waals surface area (Å²) in [5, 5.41) is 17.2. The molecule has 0 bridgehead atoms. The molecule has 11 atom stereocenters. The Labute approximate surface area is 370 Å². The molecular weight excluding hydrogens is 786 g/mol. The van der Waals surface area contributed by atoms with E-state index in [-0.39, 0.29) is 62.9 Å². The molecule has 0 aliphatic heterocycles. The van der Waals surface area contributed by atoms with Crippen molar-refractivity contribution in [2.75, 3.05) is 19.6 Å². The normalized spacial score (nSPS) is 37.7. The van der Waals surface area contributed by atoms with Gasteiger partial charge in [-0.25, -0.2) is 0 Å². The molecule has 5 N–H and O–H groups in total. The maximum atomic E-state index is 14.2. The quantitative estimate of drug-likeness (QED) is 0.107. The van der Waals surface area contributed by atoms with Crippen LogP contribution in [0, 0.1) is 68.0 Å². The minimum Gasteiger partial charge on any atom is -0.481 e. The predicted molar refractivity (Wildman–Crippen MR) is 241 cm³/mol. The molecule has 6 aliphatic carbocycles. The van der Waals surface area contributed by atoms with E-state index >= 15 is 0 Å². The van der Waals surface area contributed by atoms with Gasteiger partial charge in [0, 0.05) is 40.4 Å². The fourth-order valence-electron chi connectivity index (χ4n) is 15.3. The zero-order valence-corrected chi connectivity index (χ0v) is 39.4. The molecule has 0 saturated heterocycles. The molecule has 61 heavy (non-hydrogen) atoms. The van der Waals surface area contributed by atoms with Crippen molar-refractivity contribution in [1.29, 1.82) is 0 Å². The second-order valence-corrected chi connectivity index (χ2v) is 23.3. The molecule has 5 saturated carbocycles. The number of carboxylic acids is 1. The topological polar surface area (TPSA) is 148 Å². The highest BCUT2D eigenvalue weighted by molar-refractivity contribution is 6.30. The molecule has 338 valence electrons. The van der Waals surface area contributed by atoms with Crippen LogP contribution >= 0.6 is 11.6 Å². The fourth-order valence-corrected chi connectivity index (χ4v) is 15.4. The average molecular weight is 863 g/mol. The first kappa shape index (κ1) is 46.2. The lowest BCUT2D eigenvalue weighted by atomic mass is 9.33. The lowest BCUT2D eigenvalue weighted by Crippen LogP contribution is -2.66. The number of halogens is 1. The minimum atomic E-state index is -0.828. The van der Waals surface area contributed by atoms with E-state index < -0.39 is 17.3 Å². The van der Waals surface area contributed by atoms with Crippen molar-refractivity contribution < 1.29 is 29.0 Å². The van der Waals surface area contributed by atoms with E-state index in [1.165, 1.54) is 5.57 Å². The lowest BCUT2D eigenvalue weighted by Gasteiger charge is -2.72. The molecule has 0 radical (unpaired) electrons. The Hall–Kier alpha value is -2.75. The van der Waals surface area contributed by atoms with Crippen LogP contribution in [0.15, 0.2) is 35.4 Å². The first-order valence-electron chi connectivity index (χ1n) is 23.8. The highest BCUT2D eigenvalue weighted by Gasteiger charge is 2.70. The standard InChI is InChI=1S/C51H76ClN3O6/c1-30(2)41-37(56)28-51(24-26-54-29-33(11-10-25-53)55-43(57)31-12-14-32(52)15-13-31)23-22-49(8)34(42(41)51)16-17-39-48(7)20-19-40(47(5,6)38(48)18-21-50(39,49)9)61-45(60)36-27-35(44(58)59)46(36,3)4/h12-15,30,33-36,38-40,54H,10-11,16-29,53H2,1-9H3,(H,55,57)(H,58,59)/t33?,34-,35+,36-,38+,39-,40+,48+,49-,50-,51-/m1/s1. The summed E-state index contributed by atoms with van der Waals surface area (Å²) < 4.78 is 6.44. The Kier molecular flexibility index (Phi) is 12.6. The molecule has 5 fully saturated rings. The van der Waals surface area contributed by atoms with Crippen LogP contribution in [0.2, 0.25) is 5.02 Å². The van der Waals surface area contributed by atoms with Crippen LogP contribution in [0.4, 0.5) is 0 Å². The summed E-state index contributed by atoms with van der Waals surface area (Å²) in [6.45, 7) is 22.6. The van der Waals surface area contributed by atoms with Crippen LogP contribution in [0.25, 0.3) is 0 Å². The molecule has 9 nitrogen and oxygen atoms in total. The van der Waals surface area contributed by atoms with Gasteiger partial charge in [0.25, 0.3) is 5.91 Å². The molecule has 0 heterocycles. The molecule has 1 aromatic rings. The number of amides is 1. The Morgan fingerprint density at radius 2 is 1.59 bits per heavy atom. The van der Waals surface area contributed by atoms with Gasteiger partial charge in [-0.05, 0) is 165 Å². The summed E-state index contributed by atoms with van der Waals surface area (Å²) in [4.78, 5) is 52.9. The first-order valence-corrected chi connectivity index (χ1v) is 24.1. The van der Waals surface area contributed by atoms with Gasteiger partial charge in [0.1, 0.15) is 6.10 Å². The summed E-state index contributed by atoms with van der Waals surface area (Å²) in [6, 6.07) is 6.91.